The summed E-state index contributed by atoms with van der Waals surface area (Å²) in [6.45, 7) is 1.56. The van der Waals surface area contributed by atoms with Gasteiger partial charge in [0.15, 0.2) is 0 Å². The number of carbonyl (C=O) groups excluding carboxylic acids is 1. The maximum Gasteiger partial charge on any atom is 0.243 e. The Kier molecular flexibility index (Phi) is 7.22. The number of sulfonamides is 1. The lowest BCUT2D eigenvalue weighted by Gasteiger charge is -2.21. The van der Waals surface area contributed by atoms with E-state index >= 15 is 0 Å². The third-order valence-electron chi connectivity index (χ3n) is 3.60. The molecule has 1 N–H and O–H groups in total. The van der Waals surface area contributed by atoms with Crippen molar-refractivity contribution in [2.24, 2.45) is 0 Å². The SMILES string of the molecule is CCCN(CC(=O)Nc1cc(Cl)ccc1Cl)S(=O)(=O)c1cccc(C#N)c1. The molecule has 0 saturated carbocycles. The molecule has 0 unspecified atom stereocenters. The van der Waals surface area contributed by atoms with Crippen LogP contribution in [0.2, 0.25) is 10.0 Å². The van der Waals surface area contributed by atoms with E-state index < -0.39 is 22.5 Å². The lowest BCUT2D eigenvalue weighted by atomic mass is 10.2. The molecule has 6 nitrogen and oxygen atoms in total. The molecule has 27 heavy (non-hydrogen) atoms. The largest absolute Gasteiger partial charge is 0.324 e. The van der Waals surface area contributed by atoms with Gasteiger partial charge in [0.1, 0.15) is 0 Å². The first-order chi connectivity index (χ1) is 12.8. The lowest BCUT2D eigenvalue weighted by molar-refractivity contribution is -0.116. The molecule has 0 atom stereocenters. The third-order valence-corrected chi connectivity index (χ3v) is 6.00. The van der Waals surface area contributed by atoms with Crippen molar-refractivity contribution in [3.05, 3.63) is 58.1 Å². The number of rotatable bonds is 7. The number of hydrogen-bond donors (Lipinski definition) is 1. The van der Waals surface area contributed by atoms with Crippen LogP contribution in [0.3, 0.4) is 0 Å². The molecular formula is C18H17Cl2N3O3S. The molecule has 0 aromatic heterocycles. The van der Waals surface area contributed by atoms with Crippen molar-refractivity contribution < 1.29 is 13.2 Å². The Bertz CT molecular complexity index is 988. The summed E-state index contributed by atoms with van der Waals surface area (Å²) in [5.74, 6) is -0.548. The zero-order valence-corrected chi connectivity index (χ0v) is 16.8. The van der Waals surface area contributed by atoms with E-state index in [1.165, 1.54) is 36.4 Å². The van der Waals surface area contributed by atoms with E-state index in [9.17, 15) is 13.2 Å². The van der Waals surface area contributed by atoms with Crippen LogP contribution in [0.1, 0.15) is 18.9 Å². The Balaban J connectivity index is 2.24. The van der Waals surface area contributed by atoms with Crippen molar-refractivity contribution in [2.75, 3.05) is 18.4 Å². The van der Waals surface area contributed by atoms with E-state index in [-0.39, 0.29) is 17.0 Å². The molecule has 0 fully saturated rings. The fraction of sp³-hybridized carbons (Fsp3) is 0.222. The zero-order valence-electron chi connectivity index (χ0n) is 14.4. The highest BCUT2D eigenvalue weighted by atomic mass is 35.5. The van der Waals surface area contributed by atoms with Crippen LogP contribution in [-0.4, -0.2) is 31.7 Å². The summed E-state index contributed by atoms with van der Waals surface area (Å²) < 4.78 is 26.8. The highest BCUT2D eigenvalue weighted by molar-refractivity contribution is 7.89. The summed E-state index contributed by atoms with van der Waals surface area (Å²) >= 11 is 11.9. The summed E-state index contributed by atoms with van der Waals surface area (Å²) in [5.41, 5.74) is 0.525. The molecule has 0 saturated heterocycles. The van der Waals surface area contributed by atoms with Crippen LogP contribution in [0, 0.1) is 11.3 Å². The van der Waals surface area contributed by atoms with Gasteiger partial charge in [0.2, 0.25) is 15.9 Å². The zero-order chi connectivity index (χ0) is 20.0. The highest BCUT2D eigenvalue weighted by Gasteiger charge is 2.26. The van der Waals surface area contributed by atoms with E-state index in [4.69, 9.17) is 28.5 Å². The molecule has 142 valence electrons. The normalized spacial score (nSPS) is 11.2. The van der Waals surface area contributed by atoms with Gasteiger partial charge in [0.05, 0.1) is 33.8 Å². The summed E-state index contributed by atoms with van der Waals surface area (Å²) in [6.07, 6.45) is 0.516. The minimum absolute atomic E-state index is 0.0383. The van der Waals surface area contributed by atoms with Crippen molar-refractivity contribution in [1.29, 1.82) is 5.26 Å². The van der Waals surface area contributed by atoms with Gasteiger partial charge in [-0.3, -0.25) is 4.79 Å². The van der Waals surface area contributed by atoms with Crippen molar-refractivity contribution in [2.45, 2.75) is 18.2 Å². The molecule has 2 aromatic rings. The number of halogens is 2. The van der Waals surface area contributed by atoms with Gasteiger partial charge in [-0.25, -0.2) is 8.42 Å². The molecule has 2 aromatic carbocycles. The molecule has 0 aliphatic carbocycles. The van der Waals surface area contributed by atoms with Crippen molar-refractivity contribution in [3.8, 4) is 6.07 Å². The molecule has 0 bridgehead atoms. The number of nitriles is 1. The number of benzene rings is 2. The second-order valence-corrected chi connectivity index (χ2v) is 8.43. The average Bonchev–Trinajstić information content (AvgIpc) is 2.64. The van der Waals surface area contributed by atoms with Crippen molar-refractivity contribution >= 4 is 44.8 Å². The Morgan fingerprint density at radius 3 is 2.63 bits per heavy atom. The molecule has 1 amide bonds. The first-order valence-corrected chi connectivity index (χ1v) is 10.2. The fourth-order valence-corrected chi connectivity index (χ4v) is 4.22. The van der Waals surface area contributed by atoms with E-state index in [0.29, 0.717) is 22.2 Å². The van der Waals surface area contributed by atoms with Crippen LogP contribution in [0.4, 0.5) is 5.69 Å². The number of hydrogen-bond acceptors (Lipinski definition) is 4. The van der Waals surface area contributed by atoms with Gasteiger partial charge >= 0.3 is 0 Å². The van der Waals surface area contributed by atoms with Crippen molar-refractivity contribution in [1.82, 2.24) is 4.31 Å². The molecule has 0 aliphatic heterocycles. The summed E-state index contributed by atoms with van der Waals surface area (Å²) in [7, 11) is -3.94. The molecule has 0 heterocycles. The Labute approximate surface area is 168 Å². The maximum absolute atomic E-state index is 12.9. The minimum Gasteiger partial charge on any atom is -0.324 e. The topological polar surface area (TPSA) is 90.3 Å². The number of amides is 1. The Morgan fingerprint density at radius 1 is 1.22 bits per heavy atom. The van der Waals surface area contributed by atoms with E-state index in [2.05, 4.69) is 5.32 Å². The first kappa shape index (κ1) is 21.2. The van der Waals surface area contributed by atoms with Gasteiger partial charge in [-0.05, 0) is 42.8 Å². The molecular weight excluding hydrogens is 409 g/mol. The standard InChI is InChI=1S/C18H17Cl2N3O3S/c1-2-8-23(27(25,26)15-5-3-4-13(9-15)11-21)12-18(24)22-17-10-14(19)6-7-16(17)20/h3-7,9-10H,2,8,12H2,1H3,(H,22,24). The second-order valence-electron chi connectivity index (χ2n) is 5.65. The van der Waals surface area contributed by atoms with Gasteiger partial charge in [0, 0.05) is 11.6 Å². The predicted octanol–water partition coefficient (Wildman–Crippen LogP) is 3.90. The maximum atomic E-state index is 12.9. The van der Waals surface area contributed by atoms with Crippen LogP contribution >= 0.6 is 23.2 Å². The summed E-state index contributed by atoms with van der Waals surface area (Å²) in [4.78, 5) is 12.4. The van der Waals surface area contributed by atoms with Crippen LogP contribution in [0.15, 0.2) is 47.4 Å². The quantitative estimate of drug-likeness (QED) is 0.727. The Morgan fingerprint density at radius 2 is 1.96 bits per heavy atom. The van der Waals surface area contributed by atoms with Crippen LogP contribution < -0.4 is 5.32 Å². The third kappa shape index (κ3) is 5.44. The lowest BCUT2D eigenvalue weighted by Crippen LogP contribution is -2.38. The van der Waals surface area contributed by atoms with Crippen LogP contribution in [-0.2, 0) is 14.8 Å². The Hall–Kier alpha value is -2.11. The van der Waals surface area contributed by atoms with Gasteiger partial charge in [-0.15, -0.1) is 0 Å². The average molecular weight is 426 g/mol. The monoisotopic (exact) mass is 425 g/mol. The van der Waals surface area contributed by atoms with Crippen LogP contribution in [0.5, 0.6) is 0 Å². The fourth-order valence-electron chi connectivity index (χ4n) is 2.35. The number of carbonyl (C=O) groups is 1. The van der Waals surface area contributed by atoms with Crippen LogP contribution in [0.25, 0.3) is 0 Å². The number of anilines is 1. The van der Waals surface area contributed by atoms with Gasteiger partial charge in [0.25, 0.3) is 0 Å². The molecule has 0 aliphatic rings. The first-order valence-electron chi connectivity index (χ1n) is 8.03. The summed E-state index contributed by atoms with van der Waals surface area (Å²) in [5, 5.41) is 12.2. The second kappa shape index (κ2) is 9.20. The molecule has 2 rings (SSSR count). The van der Waals surface area contributed by atoms with E-state index in [0.717, 1.165) is 4.31 Å². The highest BCUT2D eigenvalue weighted by Crippen LogP contribution is 2.25. The van der Waals surface area contributed by atoms with E-state index in [1.54, 1.807) is 13.0 Å². The smallest absolute Gasteiger partial charge is 0.243 e. The molecule has 9 heteroatoms. The number of nitrogens with one attached hydrogen (secondary N) is 1. The number of nitrogens with zero attached hydrogens (tertiary/aromatic N) is 2. The van der Waals surface area contributed by atoms with Crippen molar-refractivity contribution in [3.63, 3.8) is 0 Å². The van der Waals surface area contributed by atoms with Gasteiger partial charge in [-0.2, -0.15) is 9.57 Å². The molecule has 0 radical (unpaired) electrons. The van der Waals surface area contributed by atoms with Gasteiger partial charge < -0.3 is 5.32 Å². The minimum atomic E-state index is -3.94. The predicted molar refractivity (Wildman–Crippen MR) is 105 cm³/mol. The van der Waals surface area contributed by atoms with E-state index in [1.807, 2.05) is 6.07 Å². The summed E-state index contributed by atoms with van der Waals surface area (Å²) in [6, 6.07) is 12.2. The molecule has 0 spiro atoms. The van der Waals surface area contributed by atoms with Gasteiger partial charge in [-0.1, -0.05) is 36.2 Å².